The number of benzene rings is 1. The van der Waals surface area contributed by atoms with Gasteiger partial charge < -0.3 is 15.0 Å². The Kier molecular flexibility index (Phi) is 4.92. The Morgan fingerprint density at radius 1 is 1.38 bits per heavy atom. The van der Waals surface area contributed by atoms with Crippen LogP contribution >= 0.6 is 0 Å². The number of anilines is 2. The van der Waals surface area contributed by atoms with Crippen LogP contribution in [0.15, 0.2) is 29.8 Å². The standard InChI is InChI=1S/C18H20FN3O4/c1-3-12-8-21(10-17(12)24)16-5-4-13(6-15(16)19)22-9-14(26-18(22)25)7-20-11(2)23/h3-6,14H,7-10H2,1-2H3,(H,20,23)/t14-/m0/s1. The van der Waals surface area contributed by atoms with E-state index in [1.165, 1.54) is 17.9 Å². The van der Waals surface area contributed by atoms with Gasteiger partial charge in [0, 0.05) is 19.0 Å². The lowest BCUT2D eigenvalue weighted by Crippen LogP contribution is -2.33. The number of halogens is 1. The lowest BCUT2D eigenvalue weighted by Gasteiger charge is -2.19. The van der Waals surface area contributed by atoms with Gasteiger partial charge in [-0.1, -0.05) is 6.08 Å². The summed E-state index contributed by atoms with van der Waals surface area (Å²) >= 11 is 0. The number of rotatable bonds is 4. The van der Waals surface area contributed by atoms with E-state index in [2.05, 4.69) is 5.32 Å². The Labute approximate surface area is 150 Å². The van der Waals surface area contributed by atoms with Crippen molar-refractivity contribution >= 4 is 29.2 Å². The zero-order chi connectivity index (χ0) is 18.8. The first-order valence-corrected chi connectivity index (χ1v) is 8.34. The summed E-state index contributed by atoms with van der Waals surface area (Å²) in [5.74, 6) is -0.735. The highest BCUT2D eigenvalue weighted by atomic mass is 19.1. The third-order valence-corrected chi connectivity index (χ3v) is 4.44. The monoisotopic (exact) mass is 361 g/mol. The van der Waals surface area contributed by atoms with E-state index in [-0.39, 0.29) is 31.3 Å². The Morgan fingerprint density at radius 3 is 2.77 bits per heavy atom. The molecule has 0 radical (unpaired) electrons. The third-order valence-electron chi connectivity index (χ3n) is 4.44. The molecule has 0 bridgehead atoms. The zero-order valence-electron chi connectivity index (χ0n) is 14.6. The lowest BCUT2D eigenvalue weighted by molar-refractivity contribution is -0.119. The number of carbonyl (C=O) groups is 3. The van der Waals surface area contributed by atoms with Gasteiger partial charge in [0.1, 0.15) is 11.9 Å². The molecule has 1 aromatic carbocycles. The van der Waals surface area contributed by atoms with Crippen LogP contribution < -0.4 is 15.1 Å². The molecule has 1 N–H and O–H groups in total. The molecule has 138 valence electrons. The second kappa shape index (κ2) is 7.15. The van der Waals surface area contributed by atoms with Crippen LogP contribution in [0.3, 0.4) is 0 Å². The molecular weight excluding hydrogens is 341 g/mol. The number of carbonyl (C=O) groups excluding carboxylic acids is 3. The fourth-order valence-corrected chi connectivity index (χ4v) is 3.06. The number of ether oxygens (including phenoxy) is 1. The van der Waals surface area contributed by atoms with E-state index in [1.807, 2.05) is 0 Å². The van der Waals surface area contributed by atoms with Gasteiger partial charge in [-0.15, -0.1) is 0 Å². The average molecular weight is 361 g/mol. The van der Waals surface area contributed by atoms with Crippen LogP contribution in [0.25, 0.3) is 0 Å². The van der Waals surface area contributed by atoms with Crippen molar-refractivity contribution in [2.45, 2.75) is 20.0 Å². The van der Waals surface area contributed by atoms with Crippen LogP contribution in [0.1, 0.15) is 13.8 Å². The van der Waals surface area contributed by atoms with Gasteiger partial charge in [-0.05, 0) is 25.1 Å². The lowest BCUT2D eigenvalue weighted by atomic mass is 10.2. The van der Waals surface area contributed by atoms with E-state index in [4.69, 9.17) is 4.74 Å². The summed E-state index contributed by atoms with van der Waals surface area (Å²) in [6.45, 7) is 4.11. The highest BCUT2D eigenvalue weighted by Crippen LogP contribution is 2.30. The summed E-state index contributed by atoms with van der Waals surface area (Å²) in [6.07, 6.45) is 0.673. The highest BCUT2D eigenvalue weighted by Gasteiger charge is 2.33. The van der Waals surface area contributed by atoms with E-state index in [0.29, 0.717) is 23.5 Å². The smallest absolute Gasteiger partial charge is 0.414 e. The van der Waals surface area contributed by atoms with E-state index in [0.717, 1.165) is 0 Å². The van der Waals surface area contributed by atoms with Crippen molar-refractivity contribution in [1.82, 2.24) is 5.32 Å². The third kappa shape index (κ3) is 3.54. The van der Waals surface area contributed by atoms with Crippen molar-refractivity contribution in [3.05, 3.63) is 35.7 Å². The number of nitrogens with one attached hydrogen (secondary N) is 1. The maximum atomic E-state index is 14.6. The fraction of sp³-hybridized carbons (Fsp3) is 0.389. The quantitative estimate of drug-likeness (QED) is 0.825. The first kappa shape index (κ1) is 17.9. The molecule has 3 rings (SSSR count). The van der Waals surface area contributed by atoms with Crippen molar-refractivity contribution in [2.75, 3.05) is 36.0 Å². The van der Waals surface area contributed by atoms with Gasteiger partial charge in [0.25, 0.3) is 0 Å². The molecule has 1 aromatic rings. The zero-order valence-corrected chi connectivity index (χ0v) is 14.6. The molecule has 8 heteroatoms. The predicted octanol–water partition coefficient (Wildman–Crippen LogP) is 1.62. The van der Waals surface area contributed by atoms with Crippen LogP contribution in [-0.4, -0.2) is 50.1 Å². The number of hydrogen-bond acceptors (Lipinski definition) is 5. The Balaban J connectivity index is 1.73. The maximum Gasteiger partial charge on any atom is 0.414 e. The van der Waals surface area contributed by atoms with Crippen molar-refractivity contribution in [3.63, 3.8) is 0 Å². The number of hydrogen-bond donors (Lipinski definition) is 1. The second-order valence-corrected chi connectivity index (χ2v) is 6.28. The molecular formula is C18H20FN3O4. The van der Waals surface area contributed by atoms with Crippen LogP contribution in [0.4, 0.5) is 20.6 Å². The van der Waals surface area contributed by atoms with E-state index < -0.39 is 18.0 Å². The molecule has 2 saturated heterocycles. The van der Waals surface area contributed by atoms with Gasteiger partial charge in [-0.25, -0.2) is 9.18 Å². The van der Waals surface area contributed by atoms with Crippen molar-refractivity contribution in [1.29, 1.82) is 0 Å². The molecule has 1 atom stereocenters. The summed E-state index contributed by atoms with van der Waals surface area (Å²) in [4.78, 5) is 37.8. The number of cyclic esters (lactones) is 1. The molecule has 0 saturated carbocycles. The van der Waals surface area contributed by atoms with E-state index >= 15 is 0 Å². The van der Waals surface area contributed by atoms with Crippen LogP contribution in [0.5, 0.6) is 0 Å². The molecule has 26 heavy (non-hydrogen) atoms. The number of nitrogens with zero attached hydrogens (tertiary/aromatic N) is 2. The summed E-state index contributed by atoms with van der Waals surface area (Å²) in [5, 5.41) is 2.59. The number of amides is 2. The van der Waals surface area contributed by atoms with E-state index in [9.17, 15) is 18.8 Å². The minimum atomic E-state index is -0.583. The summed E-state index contributed by atoms with van der Waals surface area (Å²) < 4.78 is 19.8. The Bertz CT molecular complexity index is 793. The molecule has 0 aliphatic carbocycles. The van der Waals surface area contributed by atoms with Crippen LogP contribution in [0, 0.1) is 5.82 Å². The molecule has 2 fully saturated rings. The molecule has 2 aliphatic heterocycles. The van der Waals surface area contributed by atoms with Gasteiger partial charge in [0.05, 0.1) is 31.0 Å². The SMILES string of the molecule is CC=C1CN(c2ccc(N3C[C@H](CNC(C)=O)OC3=O)cc2F)CC1=O. The minimum Gasteiger partial charge on any atom is -0.442 e. The Hall–Kier alpha value is -2.90. The number of Topliss-reactive ketones (excluding diaryl/α,β-unsaturated/α-hetero) is 1. The molecule has 7 nitrogen and oxygen atoms in total. The first-order chi connectivity index (χ1) is 12.4. The largest absolute Gasteiger partial charge is 0.442 e. The normalized spacial score (nSPS) is 21.5. The summed E-state index contributed by atoms with van der Waals surface area (Å²) in [7, 11) is 0. The minimum absolute atomic E-state index is 0.0140. The summed E-state index contributed by atoms with van der Waals surface area (Å²) in [5.41, 5.74) is 1.36. The molecule has 2 aliphatic rings. The van der Waals surface area contributed by atoms with Gasteiger partial charge in [-0.2, -0.15) is 0 Å². The Morgan fingerprint density at radius 2 is 2.15 bits per heavy atom. The first-order valence-electron chi connectivity index (χ1n) is 8.34. The van der Waals surface area contributed by atoms with Crippen LogP contribution in [-0.2, 0) is 14.3 Å². The van der Waals surface area contributed by atoms with Crippen molar-refractivity contribution in [3.8, 4) is 0 Å². The molecule has 0 aromatic heterocycles. The topological polar surface area (TPSA) is 79.0 Å². The second-order valence-electron chi connectivity index (χ2n) is 6.28. The fourth-order valence-electron chi connectivity index (χ4n) is 3.06. The molecule has 0 spiro atoms. The summed E-state index contributed by atoms with van der Waals surface area (Å²) in [6, 6.07) is 4.44. The van der Waals surface area contributed by atoms with Gasteiger partial charge >= 0.3 is 6.09 Å². The number of ketones is 1. The molecule has 2 amide bonds. The van der Waals surface area contributed by atoms with Gasteiger partial charge in [0.15, 0.2) is 5.78 Å². The van der Waals surface area contributed by atoms with Crippen molar-refractivity contribution in [2.24, 2.45) is 0 Å². The van der Waals surface area contributed by atoms with Gasteiger partial charge in [-0.3, -0.25) is 14.5 Å². The average Bonchev–Trinajstić information content (AvgIpc) is 3.15. The predicted molar refractivity (Wildman–Crippen MR) is 93.7 cm³/mol. The maximum absolute atomic E-state index is 14.6. The van der Waals surface area contributed by atoms with Crippen LogP contribution in [0.2, 0.25) is 0 Å². The van der Waals surface area contributed by atoms with Crippen molar-refractivity contribution < 1.29 is 23.5 Å². The number of allylic oxidation sites excluding steroid dienone is 1. The van der Waals surface area contributed by atoms with E-state index in [1.54, 1.807) is 30.0 Å². The highest BCUT2D eigenvalue weighted by molar-refractivity contribution is 6.02. The molecule has 0 unspecified atom stereocenters. The van der Waals surface area contributed by atoms with Gasteiger partial charge in [0.2, 0.25) is 5.91 Å². The molecule has 2 heterocycles.